The molecule has 0 amide bonds. The molecule has 1 fully saturated rings. The zero-order chi connectivity index (χ0) is 17.2. The van der Waals surface area contributed by atoms with Crippen molar-refractivity contribution in [1.82, 2.24) is 15.2 Å². The molecule has 0 bridgehead atoms. The van der Waals surface area contributed by atoms with E-state index in [1.165, 1.54) is 16.7 Å². The van der Waals surface area contributed by atoms with E-state index in [0.29, 0.717) is 6.04 Å². The molecule has 4 rings (SSSR count). The van der Waals surface area contributed by atoms with Gasteiger partial charge >= 0.3 is 0 Å². The minimum absolute atomic E-state index is 0.234. The molecule has 2 aliphatic rings. The molecule has 2 atom stereocenters. The summed E-state index contributed by atoms with van der Waals surface area (Å²) < 4.78 is 11.6. The summed E-state index contributed by atoms with van der Waals surface area (Å²) in [6, 6.07) is 8.73. The molecule has 1 aromatic heterocycles. The smallest absolute Gasteiger partial charge is 0.127 e. The van der Waals surface area contributed by atoms with Crippen LogP contribution in [0.5, 0.6) is 11.5 Å². The number of rotatable bonds is 4. The summed E-state index contributed by atoms with van der Waals surface area (Å²) in [7, 11) is 1.73. The van der Waals surface area contributed by atoms with E-state index in [4.69, 9.17) is 9.47 Å². The van der Waals surface area contributed by atoms with Crippen molar-refractivity contribution in [3.05, 3.63) is 53.3 Å². The number of nitrogens with one attached hydrogen (secondary N) is 1. The fourth-order valence-electron chi connectivity index (χ4n) is 3.87. The third kappa shape index (κ3) is 3.34. The lowest BCUT2D eigenvalue weighted by Gasteiger charge is -2.36. The van der Waals surface area contributed by atoms with Gasteiger partial charge in [-0.25, -0.2) is 0 Å². The largest absolute Gasteiger partial charge is 0.497 e. The lowest BCUT2D eigenvalue weighted by atomic mass is 10.0. The molecule has 2 aromatic rings. The number of methoxy groups -OCH3 is 1. The fourth-order valence-corrected chi connectivity index (χ4v) is 3.87. The van der Waals surface area contributed by atoms with Crippen LogP contribution in [0.1, 0.15) is 29.7 Å². The topological polar surface area (TPSA) is 46.6 Å². The molecule has 132 valence electrons. The van der Waals surface area contributed by atoms with Crippen LogP contribution in [-0.2, 0) is 13.0 Å². The maximum absolute atomic E-state index is 6.11. The highest BCUT2D eigenvalue weighted by molar-refractivity contribution is 5.50. The van der Waals surface area contributed by atoms with Gasteiger partial charge in [-0.3, -0.25) is 9.88 Å². The van der Waals surface area contributed by atoms with Gasteiger partial charge in [-0.1, -0.05) is 6.07 Å². The Balaban J connectivity index is 1.63. The highest BCUT2D eigenvalue weighted by Crippen LogP contribution is 2.38. The average molecular weight is 339 g/mol. The molecule has 0 spiro atoms. The Labute approximate surface area is 149 Å². The second kappa shape index (κ2) is 7.02. The first-order valence-electron chi connectivity index (χ1n) is 8.95. The molecule has 1 saturated heterocycles. The first-order chi connectivity index (χ1) is 12.2. The van der Waals surface area contributed by atoms with Gasteiger partial charge < -0.3 is 14.8 Å². The van der Waals surface area contributed by atoms with Crippen molar-refractivity contribution in [2.75, 3.05) is 26.7 Å². The van der Waals surface area contributed by atoms with Crippen molar-refractivity contribution in [1.29, 1.82) is 0 Å². The highest BCUT2D eigenvalue weighted by atomic mass is 16.5. The van der Waals surface area contributed by atoms with Crippen LogP contribution in [0.15, 0.2) is 36.7 Å². The normalized spacial score (nSPS) is 23.1. The standard InChI is InChI=1S/C20H25N3O2/c1-14-8-16-9-18(24-2)10-17(20(16)25-14)13-23-7-6-22-12-19(23)15-4-3-5-21-11-15/h3-5,9-11,14,19,22H,6-8,12-13H2,1-2H3. The second-order valence-electron chi connectivity index (χ2n) is 6.88. The molecule has 5 heteroatoms. The Morgan fingerprint density at radius 3 is 3.12 bits per heavy atom. The van der Waals surface area contributed by atoms with Crippen LogP contribution in [0.2, 0.25) is 0 Å². The highest BCUT2D eigenvalue weighted by Gasteiger charge is 2.28. The Hall–Kier alpha value is -2.11. The average Bonchev–Trinajstić information content (AvgIpc) is 3.03. The number of aromatic nitrogens is 1. The van der Waals surface area contributed by atoms with Crippen LogP contribution in [0.25, 0.3) is 0 Å². The van der Waals surface area contributed by atoms with Gasteiger partial charge in [0.1, 0.15) is 17.6 Å². The van der Waals surface area contributed by atoms with Gasteiger partial charge in [-0.05, 0) is 30.7 Å². The minimum atomic E-state index is 0.234. The van der Waals surface area contributed by atoms with Crippen molar-refractivity contribution in [3.63, 3.8) is 0 Å². The van der Waals surface area contributed by atoms with Crippen LogP contribution in [0.3, 0.4) is 0 Å². The van der Waals surface area contributed by atoms with E-state index in [9.17, 15) is 0 Å². The lowest BCUT2D eigenvalue weighted by molar-refractivity contribution is 0.150. The molecule has 2 aliphatic heterocycles. The van der Waals surface area contributed by atoms with Gasteiger partial charge in [-0.2, -0.15) is 0 Å². The van der Waals surface area contributed by atoms with E-state index >= 15 is 0 Å². The molecule has 1 aromatic carbocycles. The number of ether oxygens (including phenoxy) is 2. The quantitative estimate of drug-likeness (QED) is 0.928. The number of hydrogen-bond donors (Lipinski definition) is 1. The van der Waals surface area contributed by atoms with Crippen molar-refractivity contribution in [3.8, 4) is 11.5 Å². The number of benzene rings is 1. The monoisotopic (exact) mass is 339 g/mol. The number of piperazine rings is 1. The Morgan fingerprint density at radius 2 is 2.32 bits per heavy atom. The second-order valence-corrected chi connectivity index (χ2v) is 6.88. The molecule has 5 nitrogen and oxygen atoms in total. The molecule has 0 aliphatic carbocycles. The minimum Gasteiger partial charge on any atom is -0.497 e. The van der Waals surface area contributed by atoms with Crippen molar-refractivity contribution < 1.29 is 9.47 Å². The lowest BCUT2D eigenvalue weighted by Crippen LogP contribution is -2.45. The molecule has 0 radical (unpaired) electrons. The third-order valence-corrected chi connectivity index (χ3v) is 5.08. The van der Waals surface area contributed by atoms with Crippen LogP contribution in [0.4, 0.5) is 0 Å². The van der Waals surface area contributed by atoms with E-state index in [-0.39, 0.29) is 6.10 Å². The number of hydrogen-bond acceptors (Lipinski definition) is 5. The van der Waals surface area contributed by atoms with Crippen molar-refractivity contribution >= 4 is 0 Å². The van der Waals surface area contributed by atoms with Gasteiger partial charge in [0.05, 0.1) is 7.11 Å². The fraction of sp³-hybridized carbons (Fsp3) is 0.450. The molecule has 25 heavy (non-hydrogen) atoms. The maximum Gasteiger partial charge on any atom is 0.127 e. The Kier molecular flexibility index (Phi) is 4.59. The van der Waals surface area contributed by atoms with Gasteiger partial charge in [0.25, 0.3) is 0 Å². The molecule has 0 saturated carbocycles. The zero-order valence-electron chi connectivity index (χ0n) is 14.9. The van der Waals surface area contributed by atoms with Crippen LogP contribution in [0, 0.1) is 0 Å². The van der Waals surface area contributed by atoms with Crippen LogP contribution in [-0.4, -0.2) is 42.7 Å². The Morgan fingerprint density at radius 1 is 1.40 bits per heavy atom. The summed E-state index contributed by atoms with van der Waals surface area (Å²) in [6.45, 7) is 5.92. The van der Waals surface area contributed by atoms with Crippen molar-refractivity contribution in [2.24, 2.45) is 0 Å². The molecule has 2 unspecified atom stereocenters. The molecule has 3 heterocycles. The first-order valence-corrected chi connectivity index (χ1v) is 8.95. The molecular formula is C20H25N3O2. The van der Waals surface area contributed by atoms with Crippen molar-refractivity contribution in [2.45, 2.75) is 32.0 Å². The van der Waals surface area contributed by atoms with E-state index in [0.717, 1.165) is 44.1 Å². The first kappa shape index (κ1) is 16.4. The number of pyridine rings is 1. The van der Waals surface area contributed by atoms with Crippen LogP contribution < -0.4 is 14.8 Å². The summed E-state index contributed by atoms with van der Waals surface area (Å²) in [5.74, 6) is 1.97. The van der Waals surface area contributed by atoms with E-state index in [1.807, 2.05) is 18.5 Å². The van der Waals surface area contributed by atoms with Gasteiger partial charge in [0.2, 0.25) is 0 Å². The third-order valence-electron chi connectivity index (χ3n) is 5.08. The Bertz CT molecular complexity index is 735. The predicted molar refractivity (Wildman–Crippen MR) is 97.0 cm³/mol. The van der Waals surface area contributed by atoms with Gasteiger partial charge in [0.15, 0.2) is 0 Å². The van der Waals surface area contributed by atoms with Gasteiger partial charge in [0, 0.05) is 62.2 Å². The van der Waals surface area contributed by atoms with Gasteiger partial charge in [-0.15, -0.1) is 0 Å². The summed E-state index contributed by atoms with van der Waals surface area (Å²) in [5.41, 5.74) is 3.73. The van der Waals surface area contributed by atoms with E-state index < -0.39 is 0 Å². The van der Waals surface area contributed by atoms with Crippen LogP contribution >= 0.6 is 0 Å². The molecule has 1 N–H and O–H groups in total. The molecular weight excluding hydrogens is 314 g/mol. The summed E-state index contributed by atoms with van der Waals surface area (Å²) in [5, 5.41) is 3.51. The van der Waals surface area contributed by atoms with E-state index in [1.54, 1.807) is 7.11 Å². The number of fused-ring (bicyclic) bond motifs is 1. The summed E-state index contributed by atoms with van der Waals surface area (Å²) >= 11 is 0. The zero-order valence-corrected chi connectivity index (χ0v) is 14.9. The maximum atomic E-state index is 6.11. The van der Waals surface area contributed by atoms with E-state index in [2.05, 4.69) is 40.3 Å². The summed E-state index contributed by atoms with van der Waals surface area (Å²) in [6.07, 6.45) is 4.98. The summed E-state index contributed by atoms with van der Waals surface area (Å²) in [4.78, 5) is 6.81. The predicted octanol–water partition coefficient (Wildman–Crippen LogP) is 2.56. The number of nitrogens with zero attached hydrogens (tertiary/aromatic N) is 2. The SMILES string of the molecule is COc1cc2c(c(CN3CCNCC3c3cccnc3)c1)OC(C)C2.